The van der Waals surface area contributed by atoms with E-state index in [4.69, 9.17) is 4.74 Å². The molecule has 0 bridgehead atoms. The molecule has 21 heavy (non-hydrogen) atoms. The molecule has 1 amide bonds. The predicted molar refractivity (Wildman–Crippen MR) is 80.6 cm³/mol. The summed E-state index contributed by atoms with van der Waals surface area (Å²) >= 11 is 0. The molecule has 0 unspecified atom stereocenters. The molecule has 0 spiro atoms. The minimum Gasteiger partial charge on any atom is -0.461 e. The summed E-state index contributed by atoms with van der Waals surface area (Å²) in [6.45, 7) is 5.77. The smallest absolute Gasteiger partial charge is 0.355 e. The van der Waals surface area contributed by atoms with Gasteiger partial charge in [-0.2, -0.15) is 0 Å². The van der Waals surface area contributed by atoms with Gasteiger partial charge in [0.15, 0.2) is 0 Å². The number of carbonyl (C=O) groups excluding carboxylic acids is 2. The number of amides is 1. The lowest BCUT2D eigenvalue weighted by Gasteiger charge is -2.12. The quantitative estimate of drug-likeness (QED) is 0.867. The molecule has 0 aliphatic heterocycles. The van der Waals surface area contributed by atoms with Gasteiger partial charge in [0.1, 0.15) is 5.69 Å². The molecule has 1 aliphatic carbocycles. The number of carbonyl (C=O) groups is 2. The Morgan fingerprint density at radius 1 is 1.29 bits per heavy atom. The number of hydrogen-bond donors (Lipinski definition) is 1. The van der Waals surface area contributed by atoms with Gasteiger partial charge in [-0.25, -0.2) is 4.79 Å². The fraction of sp³-hybridized carbons (Fsp3) is 0.625. The van der Waals surface area contributed by atoms with E-state index in [0.29, 0.717) is 23.4 Å². The van der Waals surface area contributed by atoms with Crippen LogP contribution in [-0.2, 0) is 11.8 Å². The van der Waals surface area contributed by atoms with Crippen LogP contribution in [0.4, 0.5) is 0 Å². The van der Waals surface area contributed by atoms with Crippen LogP contribution in [0.5, 0.6) is 0 Å². The first-order valence-electron chi connectivity index (χ1n) is 7.61. The molecule has 116 valence electrons. The number of nitrogens with zero attached hydrogens (tertiary/aromatic N) is 1. The van der Waals surface area contributed by atoms with E-state index in [0.717, 1.165) is 18.5 Å². The van der Waals surface area contributed by atoms with Crippen LogP contribution in [0.25, 0.3) is 0 Å². The number of hydrogen-bond acceptors (Lipinski definition) is 3. The molecule has 1 aliphatic rings. The van der Waals surface area contributed by atoms with Crippen molar-refractivity contribution < 1.29 is 14.3 Å². The van der Waals surface area contributed by atoms with Gasteiger partial charge in [0.05, 0.1) is 12.2 Å². The lowest BCUT2D eigenvalue weighted by Crippen LogP contribution is -2.33. The zero-order valence-corrected chi connectivity index (χ0v) is 13.3. The SMILES string of the molecule is CCOC(=O)c1c(C)c(C(=O)NC2CCCC2)c(C)n1C. The second-order valence-corrected chi connectivity index (χ2v) is 5.67. The Morgan fingerprint density at radius 2 is 1.90 bits per heavy atom. The molecule has 1 aromatic heterocycles. The van der Waals surface area contributed by atoms with Crippen LogP contribution in [0.2, 0.25) is 0 Å². The van der Waals surface area contributed by atoms with Crippen LogP contribution in [-0.4, -0.2) is 29.1 Å². The van der Waals surface area contributed by atoms with Gasteiger partial charge in [-0.3, -0.25) is 4.79 Å². The van der Waals surface area contributed by atoms with Gasteiger partial charge in [-0.1, -0.05) is 12.8 Å². The number of ether oxygens (including phenoxy) is 1. The maximum atomic E-state index is 12.5. The standard InChI is InChI=1S/C16H24N2O3/c1-5-21-16(20)14-10(2)13(11(3)18(14)4)15(19)17-12-8-6-7-9-12/h12H,5-9H2,1-4H3,(H,17,19). The zero-order valence-electron chi connectivity index (χ0n) is 13.3. The third-order valence-corrected chi connectivity index (χ3v) is 4.32. The summed E-state index contributed by atoms with van der Waals surface area (Å²) in [6, 6.07) is 0.266. The molecule has 5 nitrogen and oxygen atoms in total. The Balaban J connectivity index is 2.29. The minimum absolute atomic E-state index is 0.0805. The van der Waals surface area contributed by atoms with Crippen molar-refractivity contribution in [2.75, 3.05) is 6.61 Å². The number of rotatable bonds is 4. The van der Waals surface area contributed by atoms with Crippen LogP contribution in [0.1, 0.15) is 64.7 Å². The second kappa shape index (κ2) is 6.33. The molecule has 5 heteroatoms. The molecule has 2 rings (SSSR count). The fourth-order valence-corrected chi connectivity index (χ4v) is 3.13. The largest absolute Gasteiger partial charge is 0.461 e. The number of esters is 1. The molecule has 1 heterocycles. The Kier molecular flexibility index (Phi) is 4.70. The highest BCUT2D eigenvalue weighted by Crippen LogP contribution is 2.24. The van der Waals surface area contributed by atoms with Gasteiger partial charge >= 0.3 is 5.97 Å². The highest BCUT2D eigenvalue weighted by molar-refractivity contribution is 6.01. The average Bonchev–Trinajstić information content (AvgIpc) is 2.98. The maximum Gasteiger partial charge on any atom is 0.355 e. The van der Waals surface area contributed by atoms with Gasteiger partial charge in [0, 0.05) is 18.8 Å². The van der Waals surface area contributed by atoms with Crippen molar-refractivity contribution in [3.05, 3.63) is 22.5 Å². The second-order valence-electron chi connectivity index (χ2n) is 5.67. The Labute approximate surface area is 125 Å². The van der Waals surface area contributed by atoms with Gasteiger partial charge in [-0.05, 0) is 39.2 Å². The van der Waals surface area contributed by atoms with Crippen LogP contribution in [0, 0.1) is 13.8 Å². The third-order valence-electron chi connectivity index (χ3n) is 4.32. The fourth-order valence-electron chi connectivity index (χ4n) is 3.13. The van der Waals surface area contributed by atoms with Crippen molar-refractivity contribution >= 4 is 11.9 Å². The van der Waals surface area contributed by atoms with E-state index in [1.165, 1.54) is 12.8 Å². The lowest BCUT2D eigenvalue weighted by molar-refractivity contribution is 0.0514. The Hall–Kier alpha value is -1.78. The summed E-state index contributed by atoms with van der Waals surface area (Å²) in [7, 11) is 1.79. The maximum absolute atomic E-state index is 12.5. The van der Waals surface area contributed by atoms with Crippen LogP contribution in [0.3, 0.4) is 0 Å². The molecule has 0 atom stereocenters. The van der Waals surface area contributed by atoms with Crippen molar-refractivity contribution in [3.8, 4) is 0 Å². The van der Waals surface area contributed by atoms with Gasteiger partial charge in [-0.15, -0.1) is 0 Å². The summed E-state index contributed by atoms with van der Waals surface area (Å²) in [5.74, 6) is -0.455. The monoisotopic (exact) mass is 292 g/mol. The lowest BCUT2D eigenvalue weighted by atomic mass is 10.1. The van der Waals surface area contributed by atoms with Crippen molar-refractivity contribution in [3.63, 3.8) is 0 Å². The predicted octanol–water partition coefficient (Wildman–Crippen LogP) is 2.49. The van der Waals surface area contributed by atoms with E-state index in [1.54, 1.807) is 18.5 Å². The number of aromatic nitrogens is 1. The van der Waals surface area contributed by atoms with E-state index in [2.05, 4.69) is 5.32 Å². The Morgan fingerprint density at radius 3 is 2.48 bits per heavy atom. The minimum atomic E-state index is -0.375. The normalized spacial score (nSPS) is 15.2. The summed E-state index contributed by atoms with van der Waals surface area (Å²) in [5, 5.41) is 3.08. The van der Waals surface area contributed by atoms with Crippen molar-refractivity contribution in [2.24, 2.45) is 7.05 Å². The van der Waals surface area contributed by atoms with Crippen molar-refractivity contribution in [1.82, 2.24) is 9.88 Å². The molecule has 1 N–H and O–H groups in total. The Bertz CT molecular complexity index is 554. The van der Waals surface area contributed by atoms with Crippen molar-refractivity contribution in [2.45, 2.75) is 52.5 Å². The molecule has 0 aromatic carbocycles. The summed E-state index contributed by atoms with van der Waals surface area (Å²) < 4.78 is 6.83. The summed E-state index contributed by atoms with van der Waals surface area (Å²) in [4.78, 5) is 24.6. The first-order valence-corrected chi connectivity index (χ1v) is 7.61. The highest BCUT2D eigenvalue weighted by Gasteiger charge is 2.27. The van der Waals surface area contributed by atoms with E-state index in [9.17, 15) is 9.59 Å². The molecule has 1 saturated carbocycles. The van der Waals surface area contributed by atoms with E-state index < -0.39 is 0 Å². The topological polar surface area (TPSA) is 60.3 Å². The first-order chi connectivity index (χ1) is 9.97. The van der Waals surface area contributed by atoms with E-state index in [1.807, 2.05) is 13.8 Å². The first kappa shape index (κ1) is 15.6. The van der Waals surface area contributed by atoms with Crippen LogP contribution >= 0.6 is 0 Å². The van der Waals surface area contributed by atoms with Gasteiger partial charge in [0.25, 0.3) is 5.91 Å². The summed E-state index contributed by atoms with van der Waals surface area (Å²) in [6.07, 6.45) is 4.43. The van der Waals surface area contributed by atoms with E-state index >= 15 is 0 Å². The van der Waals surface area contributed by atoms with Gasteiger partial charge in [0.2, 0.25) is 0 Å². The van der Waals surface area contributed by atoms with Crippen molar-refractivity contribution in [1.29, 1.82) is 0 Å². The third kappa shape index (κ3) is 2.96. The molecular weight excluding hydrogens is 268 g/mol. The highest BCUT2D eigenvalue weighted by atomic mass is 16.5. The zero-order chi connectivity index (χ0) is 15.6. The molecule has 1 fully saturated rings. The van der Waals surface area contributed by atoms with Crippen LogP contribution < -0.4 is 5.32 Å². The molecule has 0 radical (unpaired) electrons. The molecule has 1 aromatic rings. The molecule has 0 saturated heterocycles. The van der Waals surface area contributed by atoms with Gasteiger partial charge < -0.3 is 14.6 Å². The van der Waals surface area contributed by atoms with Crippen LogP contribution in [0.15, 0.2) is 0 Å². The number of nitrogens with one attached hydrogen (secondary N) is 1. The molecular formula is C16H24N2O3. The van der Waals surface area contributed by atoms with E-state index in [-0.39, 0.29) is 17.9 Å². The average molecular weight is 292 g/mol. The summed E-state index contributed by atoms with van der Waals surface area (Å²) in [5.41, 5.74) is 2.56.